The third-order valence-corrected chi connectivity index (χ3v) is 6.89. The highest BCUT2D eigenvalue weighted by Gasteiger charge is 2.52. The van der Waals surface area contributed by atoms with Crippen LogP contribution in [0.3, 0.4) is 0 Å². The molecule has 2 aliphatic rings. The maximum atomic E-state index is 15.7. The van der Waals surface area contributed by atoms with Crippen molar-refractivity contribution < 1.29 is 51.4 Å². The van der Waals surface area contributed by atoms with Crippen molar-refractivity contribution in [3.8, 4) is 11.5 Å². The van der Waals surface area contributed by atoms with E-state index in [2.05, 4.69) is 9.47 Å². The molecule has 1 aliphatic carbocycles. The Morgan fingerprint density at radius 2 is 2.03 bits per heavy atom. The number of ether oxygens (including phenoxy) is 2. The Labute approximate surface area is 226 Å². The standard InChI is InChI=1S/C28H30F3NO5/c1-4-26(2,3)24-10-17-9-16(20(29)13-21(17)32(24)14-19(34)15-33)11-25(35)27(7-8-27)18-5-6-22-23(12-18)37-28(30,31)36-22/h5-6,9-10,12-13,19,33-34H,4,7-8,11,14-15H2,1-3H3/t19-/m1/s1/i2D3,4D2,5D,6D,12D,15D2/t19-,26?. The molecule has 1 fully saturated rings. The Morgan fingerprint density at radius 3 is 2.68 bits per heavy atom. The summed E-state index contributed by atoms with van der Waals surface area (Å²) >= 11 is 0. The van der Waals surface area contributed by atoms with Crippen LogP contribution in [0.5, 0.6) is 11.5 Å². The van der Waals surface area contributed by atoms with Crippen LogP contribution in [0, 0.1) is 5.82 Å². The molecule has 2 atom stereocenters. The average molecular weight is 528 g/mol. The summed E-state index contributed by atoms with van der Waals surface area (Å²) in [5.41, 5.74) is -4.86. The zero-order chi connectivity index (χ0) is 35.4. The smallest absolute Gasteiger partial charge is 0.395 e. The predicted molar refractivity (Wildman–Crippen MR) is 131 cm³/mol. The first kappa shape index (κ1) is 16.0. The Morgan fingerprint density at radius 1 is 1.30 bits per heavy atom. The molecule has 0 radical (unpaired) electrons. The fourth-order valence-electron chi connectivity index (χ4n) is 4.57. The quantitative estimate of drug-likeness (QED) is 0.410. The van der Waals surface area contributed by atoms with Gasteiger partial charge in [0, 0.05) is 29.8 Å². The minimum absolute atomic E-state index is 0.0625. The van der Waals surface area contributed by atoms with Crippen molar-refractivity contribution in [1.82, 2.24) is 4.57 Å². The maximum absolute atomic E-state index is 15.7. The summed E-state index contributed by atoms with van der Waals surface area (Å²) in [6, 6.07) is 1.05. The first-order valence-corrected chi connectivity index (χ1v) is 11.4. The van der Waals surface area contributed by atoms with Gasteiger partial charge in [-0.05, 0) is 60.6 Å². The fraction of sp³-hybridized carbons (Fsp3) is 0.464. The molecule has 0 bridgehead atoms. The lowest BCUT2D eigenvalue weighted by molar-refractivity contribution is -0.286. The first-order valence-electron chi connectivity index (χ1n) is 16.4. The van der Waals surface area contributed by atoms with E-state index in [0.717, 1.165) is 24.5 Å². The topological polar surface area (TPSA) is 80.9 Å². The number of halogens is 3. The highest BCUT2D eigenvalue weighted by molar-refractivity contribution is 5.95. The molecule has 0 saturated heterocycles. The van der Waals surface area contributed by atoms with Gasteiger partial charge in [0.2, 0.25) is 0 Å². The van der Waals surface area contributed by atoms with E-state index >= 15 is 4.39 Å². The maximum Gasteiger partial charge on any atom is 0.586 e. The van der Waals surface area contributed by atoms with Gasteiger partial charge in [-0.2, -0.15) is 0 Å². The largest absolute Gasteiger partial charge is 0.586 e. The number of Topliss-reactive ketones (excluding diaryl/α,β-unsaturated/α-hetero) is 1. The third-order valence-electron chi connectivity index (χ3n) is 6.89. The summed E-state index contributed by atoms with van der Waals surface area (Å²) in [7, 11) is 0. The summed E-state index contributed by atoms with van der Waals surface area (Å²) in [6.45, 7) is -4.88. The number of aromatic nitrogens is 1. The van der Waals surface area contributed by atoms with Gasteiger partial charge in [-0.1, -0.05) is 26.7 Å². The van der Waals surface area contributed by atoms with Crippen molar-refractivity contribution in [2.45, 2.75) is 76.1 Å². The van der Waals surface area contributed by atoms with Crippen LogP contribution in [0.1, 0.15) is 70.4 Å². The normalized spacial score (nSPS) is 24.6. The molecule has 1 saturated carbocycles. The van der Waals surface area contributed by atoms with E-state index in [1.165, 1.54) is 12.1 Å². The molecule has 198 valence electrons. The van der Waals surface area contributed by atoms with Gasteiger partial charge < -0.3 is 24.3 Å². The number of fused-ring (bicyclic) bond motifs is 2. The number of hydrogen-bond donors (Lipinski definition) is 2. The molecule has 0 spiro atoms. The van der Waals surface area contributed by atoms with Crippen LogP contribution >= 0.6 is 0 Å². The summed E-state index contributed by atoms with van der Waals surface area (Å²) < 4.78 is 134. The van der Waals surface area contributed by atoms with Crippen LogP contribution in [-0.4, -0.2) is 39.5 Å². The summed E-state index contributed by atoms with van der Waals surface area (Å²) in [5.74, 6) is -3.32. The molecule has 6 nitrogen and oxygen atoms in total. The molecule has 2 heterocycles. The second-order valence-corrected chi connectivity index (χ2v) is 9.42. The highest BCUT2D eigenvalue weighted by Crippen LogP contribution is 2.52. The molecule has 37 heavy (non-hydrogen) atoms. The Bertz CT molecular complexity index is 1780. The molecular formula is C28H30F3NO5. The second kappa shape index (κ2) is 8.77. The molecule has 1 unspecified atom stereocenters. The molecule has 1 aliphatic heterocycles. The molecule has 9 heteroatoms. The van der Waals surface area contributed by atoms with Gasteiger partial charge in [0.15, 0.2) is 11.5 Å². The summed E-state index contributed by atoms with van der Waals surface area (Å²) in [4.78, 5) is 13.7. The first-order chi connectivity index (χ1) is 21.3. The van der Waals surface area contributed by atoms with E-state index in [9.17, 15) is 23.8 Å². The summed E-state index contributed by atoms with van der Waals surface area (Å²) in [6.07, 6.45) is -9.32. The minimum atomic E-state index is -4.18. The van der Waals surface area contributed by atoms with Crippen molar-refractivity contribution in [2.75, 3.05) is 6.56 Å². The Hall–Kier alpha value is -3.04. The lowest BCUT2D eigenvalue weighted by Crippen LogP contribution is -2.26. The number of aliphatic hydroxyl groups excluding tert-OH is 1. The zero-order valence-corrected chi connectivity index (χ0v) is 19.8. The van der Waals surface area contributed by atoms with Crippen molar-refractivity contribution in [3.63, 3.8) is 0 Å². The van der Waals surface area contributed by atoms with E-state index in [0.29, 0.717) is 0 Å². The van der Waals surface area contributed by atoms with Crippen LogP contribution in [0.4, 0.5) is 13.2 Å². The van der Waals surface area contributed by atoms with Gasteiger partial charge in [-0.25, -0.2) is 4.39 Å². The van der Waals surface area contributed by atoms with Gasteiger partial charge in [0.25, 0.3) is 0 Å². The van der Waals surface area contributed by atoms with Gasteiger partial charge in [0.1, 0.15) is 11.6 Å². The van der Waals surface area contributed by atoms with Gasteiger partial charge in [-0.15, -0.1) is 8.78 Å². The van der Waals surface area contributed by atoms with E-state index in [1.807, 2.05) is 0 Å². The van der Waals surface area contributed by atoms with E-state index in [4.69, 9.17) is 13.7 Å². The summed E-state index contributed by atoms with van der Waals surface area (Å²) in [5, 5.41) is 20.2. The second-order valence-electron chi connectivity index (χ2n) is 9.42. The lowest BCUT2D eigenvalue weighted by Gasteiger charge is -2.26. The highest BCUT2D eigenvalue weighted by atomic mass is 19.3. The molecule has 3 aromatic rings. The number of hydrogen-bond acceptors (Lipinski definition) is 5. The van der Waals surface area contributed by atoms with Crippen LogP contribution in [0.25, 0.3) is 10.9 Å². The van der Waals surface area contributed by atoms with Crippen LogP contribution in [-0.2, 0) is 28.6 Å². The number of nitrogens with zero attached hydrogens (tertiary/aromatic N) is 1. The monoisotopic (exact) mass is 527 g/mol. The van der Waals surface area contributed by atoms with Crippen LogP contribution < -0.4 is 9.47 Å². The number of benzene rings is 2. The number of alkyl halides is 2. The van der Waals surface area contributed by atoms with Gasteiger partial charge >= 0.3 is 6.29 Å². The van der Waals surface area contributed by atoms with Crippen molar-refractivity contribution in [1.29, 1.82) is 0 Å². The third kappa shape index (κ3) is 4.48. The fourth-order valence-corrected chi connectivity index (χ4v) is 4.57. The van der Waals surface area contributed by atoms with Crippen molar-refractivity contribution in [2.24, 2.45) is 0 Å². The van der Waals surface area contributed by atoms with Gasteiger partial charge in [-0.3, -0.25) is 4.79 Å². The lowest BCUT2D eigenvalue weighted by atomic mass is 9.86. The minimum Gasteiger partial charge on any atom is -0.395 e. The zero-order valence-electron chi connectivity index (χ0n) is 29.8. The van der Waals surface area contributed by atoms with Gasteiger partial charge in [0.05, 0.1) is 37.0 Å². The Balaban J connectivity index is 1.61. The van der Waals surface area contributed by atoms with Crippen molar-refractivity contribution >= 4 is 16.7 Å². The number of rotatable bonds is 9. The van der Waals surface area contributed by atoms with Crippen LogP contribution in [0.2, 0.25) is 0 Å². The van der Waals surface area contributed by atoms with E-state index in [1.54, 1.807) is 0 Å². The number of carbonyl (C=O) groups excluding carboxylic acids is 1. The molecule has 1 aromatic heterocycles. The van der Waals surface area contributed by atoms with E-state index < -0.39 is 97.2 Å². The number of ketones is 1. The average Bonchev–Trinajstić information content (AvgIpc) is 3.55. The molecular weight excluding hydrogens is 487 g/mol. The molecule has 2 aromatic carbocycles. The molecule has 0 amide bonds. The molecule has 5 rings (SSSR count). The Kier molecular flexibility index (Phi) is 3.80. The SMILES string of the molecule is [2H]c1c([2H])c(C2(C(=O)Cc3cc4cc(C(C)(C([2H])([2H])[2H])C([2H])([2H])C)n(C[C@@H](O)C([2H])([2H])O)c4cc3F)CC2)c([2H])c2c1OC(F)(F)O2. The predicted octanol–water partition coefficient (Wildman–Crippen LogP) is 4.99. The van der Waals surface area contributed by atoms with E-state index in [-0.39, 0.29) is 40.6 Å². The van der Waals surface area contributed by atoms with Crippen LogP contribution in [0.15, 0.2) is 36.3 Å². The molecule has 2 N–H and O–H groups in total. The van der Waals surface area contributed by atoms with Crippen molar-refractivity contribution in [3.05, 3.63) is 59.0 Å². The number of aliphatic hydroxyl groups is 2. The number of carbonyl (C=O) groups is 1.